The van der Waals surface area contributed by atoms with Crippen LogP contribution in [0.2, 0.25) is 10.0 Å². The van der Waals surface area contributed by atoms with E-state index >= 15 is 0 Å². The van der Waals surface area contributed by atoms with Gasteiger partial charge in [-0.25, -0.2) is 8.42 Å². The second kappa shape index (κ2) is 7.63. The number of hydrogen-bond donors (Lipinski definition) is 0. The molecule has 0 unspecified atom stereocenters. The normalized spacial score (nSPS) is 18.5. The molecule has 0 N–H and O–H groups in total. The first-order valence-electron chi connectivity index (χ1n) is 8.16. The fourth-order valence-electron chi connectivity index (χ4n) is 3.12. The van der Waals surface area contributed by atoms with Crippen LogP contribution in [0.25, 0.3) is 0 Å². The van der Waals surface area contributed by atoms with E-state index in [1.807, 2.05) is 11.8 Å². The quantitative estimate of drug-likeness (QED) is 0.544. The van der Waals surface area contributed by atoms with Crippen molar-refractivity contribution >= 4 is 44.6 Å². The fraction of sp³-hybridized carbons (Fsp3) is 0.294. The second-order valence-corrected chi connectivity index (χ2v) is 8.99. The molecule has 0 bridgehead atoms. The van der Waals surface area contributed by atoms with Gasteiger partial charge in [0.25, 0.3) is 5.69 Å². The Balaban J connectivity index is 1.80. The van der Waals surface area contributed by atoms with Gasteiger partial charge in [0.1, 0.15) is 0 Å². The lowest BCUT2D eigenvalue weighted by molar-refractivity contribution is -0.384. The number of nitro groups is 1. The molecule has 1 saturated heterocycles. The molecule has 0 amide bonds. The number of nitro benzene ring substituents is 1. The molecule has 0 aliphatic carbocycles. The van der Waals surface area contributed by atoms with Crippen LogP contribution in [-0.2, 0) is 10.0 Å². The predicted octanol–water partition coefficient (Wildman–Crippen LogP) is 3.80. The smallest absolute Gasteiger partial charge is 0.271 e. The predicted molar refractivity (Wildman–Crippen MR) is 105 cm³/mol. The van der Waals surface area contributed by atoms with Gasteiger partial charge in [-0.3, -0.25) is 10.1 Å². The highest BCUT2D eigenvalue weighted by atomic mass is 35.5. The van der Waals surface area contributed by atoms with E-state index in [2.05, 4.69) is 0 Å². The molecule has 0 spiro atoms. The Kier molecular flexibility index (Phi) is 5.62. The van der Waals surface area contributed by atoms with E-state index in [4.69, 9.17) is 23.2 Å². The molecule has 2 aromatic rings. The van der Waals surface area contributed by atoms with Crippen molar-refractivity contribution in [2.24, 2.45) is 0 Å². The maximum atomic E-state index is 12.9. The second-order valence-electron chi connectivity index (χ2n) is 6.26. The molecule has 1 aliphatic heterocycles. The zero-order valence-electron chi connectivity index (χ0n) is 14.4. The highest BCUT2D eigenvalue weighted by Gasteiger charge is 2.34. The number of anilines is 1. The van der Waals surface area contributed by atoms with E-state index in [-0.39, 0.29) is 28.2 Å². The average Bonchev–Trinajstić information content (AvgIpc) is 2.61. The summed E-state index contributed by atoms with van der Waals surface area (Å²) >= 11 is 12.0. The summed E-state index contributed by atoms with van der Waals surface area (Å²) in [4.78, 5) is 12.5. The Labute approximate surface area is 167 Å². The molecule has 1 heterocycles. The molecule has 0 aromatic heterocycles. The van der Waals surface area contributed by atoms with Gasteiger partial charge in [0.15, 0.2) is 0 Å². The summed E-state index contributed by atoms with van der Waals surface area (Å²) in [5.74, 6) is 0. The fourth-order valence-corrected chi connectivity index (χ4v) is 5.16. The lowest BCUT2D eigenvalue weighted by atomic mass is 10.2. The van der Waals surface area contributed by atoms with Crippen molar-refractivity contribution in [1.82, 2.24) is 4.31 Å². The van der Waals surface area contributed by atoms with Crippen molar-refractivity contribution in [3.8, 4) is 0 Å². The SMILES string of the molecule is C[C@H]1CN(c2ccc([N+](=O)[O-])cc2Cl)CCN1S(=O)(=O)c1ccc(Cl)cc1. The van der Waals surface area contributed by atoms with E-state index in [1.54, 1.807) is 18.2 Å². The van der Waals surface area contributed by atoms with E-state index in [0.717, 1.165) is 0 Å². The third-order valence-electron chi connectivity index (χ3n) is 4.47. The van der Waals surface area contributed by atoms with Crippen LogP contribution in [0.4, 0.5) is 11.4 Å². The molecule has 27 heavy (non-hydrogen) atoms. The third kappa shape index (κ3) is 4.03. The maximum absolute atomic E-state index is 12.9. The Morgan fingerprint density at radius 2 is 1.78 bits per heavy atom. The van der Waals surface area contributed by atoms with Gasteiger partial charge >= 0.3 is 0 Å². The van der Waals surface area contributed by atoms with Crippen LogP contribution in [0.5, 0.6) is 0 Å². The molecule has 10 heteroatoms. The average molecular weight is 430 g/mol. The summed E-state index contributed by atoms with van der Waals surface area (Å²) in [5, 5.41) is 11.6. The third-order valence-corrected chi connectivity index (χ3v) is 7.05. The maximum Gasteiger partial charge on any atom is 0.271 e. The number of benzene rings is 2. The Bertz CT molecular complexity index is 967. The molecule has 7 nitrogen and oxygen atoms in total. The summed E-state index contributed by atoms with van der Waals surface area (Å²) in [5.41, 5.74) is 0.568. The standard InChI is InChI=1S/C17H17Cl2N3O4S/c1-12-11-20(17-7-4-14(22(23)24)10-16(17)19)8-9-21(12)27(25,26)15-5-2-13(18)3-6-15/h2-7,10,12H,8-9,11H2,1H3/t12-/m0/s1. The van der Waals surface area contributed by atoms with Crippen LogP contribution in [0.1, 0.15) is 6.92 Å². The minimum Gasteiger partial charge on any atom is -0.367 e. The van der Waals surface area contributed by atoms with Crippen molar-refractivity contribution in [3.05, 3.63) is 62.6 Å². The molecular weight excluding hydrogens is 413 g/mol. The topological polar surface area (TPSA) is 83.8 Å². The first kappa shape index (κ1) is 19.9. The van der Waals surface area contributed by atoms with Crippen LogP contribution >= 0.6 is 23.2 Å². The number of hydrogen-bond acceptors (Lipinski definition) is 5. The van der Waals surface area contributed by atoms with Crippen molar-refractivity contribution in [2.45, 2.75) is 17.9 Å². The molecule has 144 valence electrons. The van der Waals surface area contributed by atoms with E-state index in [0.29, 0.717) is 23.8 Å². The van der Waals surface area contributed by atoms with Crippen LogP contribution in [-0.4, -0.2) is 43.3 Å². The van der Waals surface area contributed by atoms with Crippen molar-refractivity contribution in [3.63, 3.8) is 0 Å². The zero-order valence-corrected chi connectivity index (χ0v) is 16.7. The number of halogens is 2. The van der Waals surface area contributed by atoms with Crippen molar-refractivity contribution in [2.75, 3.05) is 24.5 Å². The highest BCUT2D eigenvalue weighted by Crippen LogP contribution is 2.32. The molecule has 3 rings (SSSR count). The highest BCUT2D eigenvalue weighted by molar-refractivity contribution is 7.89. The monoisotopic (exact) mass is 429 g/mol. The van der Waals surface area contributed by atoms with Crippen LogP contribution in [0.3, 0.4) is 0 Å². The van der Waals surface area contributed by atoms with E-state index in [9.17, 15) is 18.5 Å². The Morgan fingerprint density at radius 1 is 1.11 bits per heavy atom. The minimum atomic E-state index is -3.64. The van der Waals surface area contributed by atoms with Gasteiger partial charge in [-0.05, 0) is 37.3 Å². The van der Waals surface area contributed by atoms with Gasteiger partial charge in [-0.15, -0.1) is 0 Å². The summed E-state index contributed by atoms with van der Waals surface area (Å²) in [6, 6.07) is 10.1. The summed E-state index contributed by atoms with van der Waals surface area (Å²) in [7, 11) is -3.64. The van der Waals surface area contributed by atoms with Gasteiger partial charge in [0.2, 0.25) is 10.0 Å². The van der Waals surface area contributed by atoms with Crippen molar-refractivity contribution < 1.29 is 13.3 Å². The first-order chi connectivity index (χ1) is 12.7. The first-order valence-corrected chi connectivity index (χ1v) is 10.4. The summed E-state index contributed by atoms with van der Waals surface area (Å²) < 4.78 is 27.3. The molecule has 0 saturated carbocycles. The van der Waals surface area contributed by atoms with Crippen LogP contribution in [0.15, 0.2) is 47.4 Å². The van der Waals surface area contributed by atoms with Gasteiger partial charge in [0.05, 0.1) is 20.5 Å². The minimum absolute atomic E-state index is 0.0826. The van der Waals surface area contributed by atoms with E-state index in [1.165, 1.54) is 28.6 Å². The Hall–Kier alpha value is -1.87. The molecule has 1 aliphatic rings. The van der Waals surface area contributed by atoms with Crippen LogP contribution < -0.4 is 4.90 Å². The van der Waals surface area contributed by atoms with Crippen LogP contribution in [0, 0.1) is 10.1 Å². The molecule has 2 aromatic carbocycles. The number of piperazine rings is 1. The van der Waals surface area contributed by atoms with Gasteiger partial charge < -0.3 is 4.90 Å². The zero-order chi connectivity index (χ0) is 19.8. The number of non-ortho nitro benzene ring substituents is 1. The van der Waals surface area contributed by atoms with Gasteiger partial charge in [0, 0.05) is 42.8 Å². The molecule has 1 atom stereocenters. The lowest BCUT2D eigenvalue weighted by Gasteiger charge is -2.40. The van der Waals surface area contributed by atoms with Gasteiger partial charge in [-0.1, -0.05) is 23.2 Å². The van der Waals surface area contributed by atoms with Crippen molar-refractivity contribution in [1.29, 1.82) is 0 Å². The molecule has 0 radical (unpaired) electrons. The molecule has 1 fully saturated rings. The number of rotatable bonds is 4. The largest absolute Gasteiger partial charge is 0.367 e. The number of nitrogens with zero attached hydrogens (tertiary/aromatic N) is 3. The molecular formula is C17H17Cl2N3O4S. The number of sulfonamides is 1. The Morgan fingerprint density at radius 3 is 2.33 bits per heavy atom. The van der Waals surface area contributed by atoms with Gasteiger partial charge in [-0.2, -0.15) is 4.31 Å². The van der Waals surface area contributed by atoms with E-state index < -0.39 is 14.9 Å². The summed E-state index contributed by atoms with van der Waals surface area (Å²) in [6.45, 7) is 2.94. The lowest BCUT2D eigenvalue weighted by Crippen LogP contribution is -2.54. The summed E-state index contributed by atoms with van der Waals surface area (Å²) in [6.07, 6.45) is 0.